The van der Waals surface area contributed by atoms with Crippen molar-refractivity contribution in [1.29, 1.82) is 0 Å². The first-order chi connectivity index (χ1) is 16.9. The maximum Gasteiger partial charge on any atom is 0.192 e. The van der Waals surface area contributed by atoms with Crippen molar-refractivity contribution in [3.63, 3.8) is 0 Å². The summed E-state index contributed by atoms with van der Waals surface area (Å²) in [5.41, 5.74) is 2.24. The molecule has 37 heavy (non-hydrogen) atoms. The van der Waals surface area contributed by atoms with Crippen LogP contribution in [0.15, 0.2) is 42.5 Å². The van der Waals surface area contributed by atoms with Crippen LogP contribution in [0.4, 0.5) is 0 Å². The van der Waals surface area contributed by atoms with E-state index in [2.05, 4.69) is 67.7 Å². The third kappa shape index (κ3) is 4.58. The summed E-state index contributed by atoms with van der Waals surface area (Å²) < 4.78 is 14.0. The van der Waals surface area contributed by atoms with E-state index in [0.717, 1.165) is 11.1 Å². The van der Waals surface area contributed by atoms with Crippen molar-refractivity contribution in [3.05, 3.63) is 64.7 Å². The van der Waals surface area contributed by atoms with Gasteiger partial charge in [-0.2, -0.15) is 0 Å². The van der Waals surface area contributed by atoms with Crippen LogP contribution in [0.2, 0.25) is 36.3 Å². The summed E-state index contributed by atoms with van der Waals surface area (Å²) in [7, 11) is -4.69. The highest BCUT2D eigenvalue weighted by Gasteiger charge is 2.57. The largest absolute Gasteiger partial charge is 0.507 e. The Bertz CT molecular complexity index is 1240. The molecule has 2 aliphatic rings. The molecule has 0 saturated heterocycles. The molecule has 0 amide bonds. The lowest BCUT2D eigenvalue weighted by Crippen LogP contribution is -2.53. The highest BCUT2D eigenvalue weighted by Crippen LogP contribution is 2.56. The Kier molecular flexibility index (Phi) is 6.80. The summed E-state index contributed by atoms with van der Waals surface area (Å²) in [6.07, 6.45) is -1.15. The zero-order valence-corrected chi connectivity index (χ0v) is 25.9. The van der Waals surface area contributed by atoms with Gasteiger partial charge in [-0.3, -0.25) is 9.59 Å². The molecule has 0 radical (unpaired) electrons. The average molecular weight is 539 g/mol. The van der Waals surface area contributed by atoms with Gasteiger partial charge in [0.25, 0.3) is 0 Å². The van der Waals surface area contributed by atoms with Crippen LogP contribution in [0.25, 0.3) is 0 Å². The van der Waals surface area contributed by atoms with Crippen molar-refractivity contribution >= 4 is 28.2 Å². The summed E-state index contributed by atoms with van der Waals surface area (Å²) in [6.45, 7) is 21.7. The predicted octanol–water partition coefficient (Wildman–Crippen LogP) is 7.84. The van der Waals surface area contributed by atoms with E-state index in [1.54, 1.807) is 12.1 Å². The number of ketones is 2. The van der Waals surface area contributed by atoms with Crippen molar-refractivity contribution in [2.24, 2.45) is 11.8 Å². The van der Waals surface area contributed by atoms with E-state index >= 15 is 0 Å². The standard InChI is InChI=1S/C30H42O5Si2/c1-29(2,3)36(7,8)34-27-18-14-11-12-15-19(18)28(35-37(9,10)30(4,5)6)24-23(27)25(32)20-16-13-17-21(31)22(20)26(24)33/h11-17,23-24,27-28,31H,1-10H3/t23-,24+,27-,28+/m1/s1. The normalized spacial score (nSPS) is 24.4. The number of Topliss-reactive ketones (excluding diaryl/α,β-unsaturated/α-hetero) is 2. The molecular weight excluding hydrogens is 496 g/mol. The fourth-order valence-corrected chi connectivity index (χ4v) is 7.53. The van der Waals surface area contributed by atoms with Gasteiger partial charge in [0.05, 0.1) is 29.6 Å². The Morgan fingerprint density at radius 2 is 1.11 bits per heavy atom. The average Bonchev–Trinajstić information content (AvgIpc) is 2.77. The molecule has 200 valence electrons. The topological polar surface area (TPSA) is 72.8 Å². The van der Waals surface area contributed by atoms with Crippen molar-refractivity contribution in [1.82, 2.24) is 0 Å². The molecule has 0 spiro atoms. The number of hydrogen-bond donors (Lipinski definition) is 1. The minimum Gasteiger partial charge on any atom is -0.507 e. The van der Waals surface area contributed by atoms with Gasteiger partial charge >= 0.3 is 0 Å². The fraction of sp³-hybridized carbons (Fsp3) is 0.533. The molecule has 5 nitrogen and oxygen atoms in total. The molecule has 0 saturated carbocycles. The van der Waals surface area contributed by atoms with Crippen molar-refractivity contribution in [3.8, 4) is 5.75 Å². The highest BCUT2D eigenvalue weighted by molar-refractivity contribution is 6.74. The zero-order valence-electron chi connectivity index (χ0n) is 23.9. The molecule has 0 fully saturated rings. The maximum atomic E-state index is 14.3. The van der Waals surface area contributed by atoms with Crippen LogP contribution in [0, 0.1) is 11.8 Å². The van der Waals surface area contributed by atoms with E-state index in [-0.39, 0.29) is 38.5 Å². The minimum atomic E-state index is -2.35. The number of aromatic hydroxyl groups is 1. The molecule has 4 rings (SSSR count). The number of fused-ring (bicyclic) bond motifs is 3. The second-order valence-electron chi connectivity index (χ2n) is 13.7. The molecule has 0 aliphatic heterocycles. The molecule has 0 heterocycles. The SMILES string of the molecule is CC(C)(C)[Si](C)(C)O[C@@H]1c2ccccc2[C@H](O[Si](C)(C)C(C)(C)C)[C@@H]2C(=O)c3c(O)cccc3C(=O)[C@@H]21. The Labute approximate surface area is 223 Å². The van der Waals surface area contributed by atoms with Gasteiger partial charge in [0.2, 0.25) is 0 Å². The van der Waals surface area contributed by atoms with E-state index < -0.39 is 40.7 Å². The van der Waals surface area contributed by atoms with Crippen LogP contribution in [0.3, 0.4) is 0 Å². The van der Waals surface area contributed by atoms with Gasteiger partial charge in [-0.25, -0.2) is 0 Å². The van der Waals surface area contributed by atoms with Crippen LogP contribution in [0.1, 0.15) is 85.6 Å². The molecule has 0 aromatic heterocycles. The lowest BCUT2D eigenvalue weighted by Gasteiger charge is -2.51. The number of hydrogen-bond acceptors (Lipinski definition) is 5. The number of phenolic OH excluding ortho intramolecular Hbond substituents is 1. The maximum absolute atomic E-state index is 14.3. The summed E-state index contributed by atoms with van der Waals surface area (Å²) in [6, 6.07) is 12.7. The van der Waals surface area contributed by atoms with Crippen LogP contribution in [0.5, 0.6) is 5.75 Å². The first-order valence-electron chi connectivity index (χ1n) is 13.2. The highest BCUT2D eigenvalue weighted by atomic mass is 28.4. The molecule has 2 aromatic rings. The summed E-state index contributed by atoms with van der Waals surface area (Å²) in [5, 5.41) is 10.5. The van der Waals surface area contributed by atoms with E-state index in [9.17, 15) is 14.7 Å². The lowest BCUT2D eigenvalue weighted by molar-refractivity contribution is 0.00303. The number of carbonyl (C=O) groups is 2. The van der Waals surface area contributed by atoms with Crippen LogP contribution in [-0.2, 0) is 8.85 Å². The third-order valence-corrected chi connectivity index (χ3v) is 18.2. The molecule has 0 bridgehead atoms. The quantitative estimate of drug-likeness (QED) is 0.401. The number of benzene rings is 2. The number of rotatable bonds is 4. The van der Waals surface area contributed by atoms with E-state index in [1.807, 2.05) is 24.3 Å². The summed E-state index contributed by atoms with van der Waals surface area (Å²) in [5.74, 6) is -2.04. The molecule has 4 atom stereocenters. The first kappa shape index (κ1) is 28.0. The van der Waals surface area contributed by atoms with E-state index in [0.29, 0.717) is 0 Å². The van der Waals surface area contributed by atoms with Gasteiger partial charge in [-0.15, -0.1) is 0 Å². The molecule has 0 unspecified atom stereocenters. The van der Waals surface area contributed by atoms with Crippen LogP contribution in [-0.4, -0.2) is 33.3 Å². The van der Waals surface area contributed by atoms with Gasteiger partial charge in [0.15, 0.2) is 28.2 Å². The molecule has 2 aromatic carbocycles. The van der Waals surface area contributed by atoms with Crippen molar-refractivity contribution in [2.75, 3.05) is 0 Å². The Hall–Kier alpha value is -2.07. The van der Waals surface area contributed by atoms with E-state index in [1.165, 1.54) is 6.07 Å². The van der Waals surface area contributed by atoms with Crippen LogP contribution >= 0.6 is 0 Å². The number of phenols is 1. The van der Waals surface area contributed by atoms with E-state index in [4.69, 9.17) is 8.85 Å². The molecule has 2 aliphatic carbocycles. The molecule has 7 heteroatoms. The van der Waals surface area contributed by atoms with Crippen molar-refractivity contribution < 1.29 is 23.5 Å². The second-order valence-corrected chi connectivity index (χ2v) is 23.2. The van der Waals surface area contributed by atoms with Gasteiger partial charge in [0, 0.05) is 5.56 Å². The second kappa shape index (κ2) is 9.00. The predicted molar refractivity (Wildman–Crippen MR) is 152 cm³/mol. The first-order valence-corrected chi connectivity index (χ1v) is 19.1. The van der Waals surface area contributed by atoms with Gasteiger partial charge in [0.1, 0.15) is 5.75 Å². The Balaban J connectivity index is 1.98. The number of carbonyl (C=O) groups excluding carboxylic acids is 2. The lowest BCUT2D eigenvalue weighted by atomic mass is 9.63. The Morgan fingerprint density at radius 1 is 0.676 bits per heavy atom. The van der Waals surface area contributed by atoms with Crippen molar-refractivity contribution in [2.45, 2.75) is 90.0 Å². The fourth-order valence-electron chi connectivity index (χ4n) is 5.01. The summed E-state index contributed by atoms with van der Waals surface area (Å²) in [4.78, 5) is 28.5. The molecule has 1 N–H and O–H groups in total. The monoisotopic (exact) mass is 538 g/mol. The van der Waals surface area contributed by atoms with Crippen LogP contribution < -0.4 is 0 Å². The molecular formula is C30H42O5Si2. The van der Waals surface area contributed by atoms with Gasteiger partial charge < -0.3 is 14.0 Å². The summed E-state index contributed by atoms with van der Waals surface area (Å²) >= 11 is 0. The third-order valence-electron chi connectivity index (χ3n) is 9.26. The smallest absolute Gasteiger partial charge is 0.192 e. The zero-order chi connectivity index (χ0) is 27.7. The van der Waals surface area contributed by atoms with Gasteiger partial charge in [-0.05, 0) is 53.5 Å². The minimum absolute atomic E-state index is 0.0795. The van der Waals surface area contributed by atoms with Gasteiger partial charge in [-0.1, -0.05) is 77.9 Å². The Morgan fingerprint density at radius 3 is 1.54 bits per heavy atom.